The molecule has 0 N–H and O–H groups in total. The Morgan fingerprint density at radius 1 is 1.31 bits per heavy atom. The summed E-state index contributed by atoms with van der Waals surface area (Å²) in [6, 6.07) is 10.2. The Kier molecular flexibility index (Phi) is 2.26. The zero-order chi connectivity index (χ0) is 11.0. The van der Waals surface area contributed by atoms with Crippen molar-refractivity contribution in [2.24, 2.45) is 5.92 Å². The zero-order valence-corrected chi connectivity index (χ0v) is 9.57. The average Bonchev–Trinajstić information content (AvgIpc) is 3.02. The van der Waals surface area contributed by atoms with Crippen LogP contribution in [0.2, 0.25) is 0 Å². The van der Waals surface area contributed by atoms with E-state index >= 15 is 0 Å². The van der Waals surface area contributed by atoms with Crippen molar-refractivity contribution in [3.63, 3.8) is 0 Å². The van der Waals surface area contributed by atoms with E-state index in [1.807, 2.05) is 30.3 Å². The molecule has 2 aliphatic rings. The highest BCUT2D eigenvalue weighted by Gasteiger charge is 2.57. The second kappa shape index (κ2) is 3.64. The van der Waals surface area contributed by atoms with Crippen LogP contribution in [0.4, 0.5) is 0 Å². The standard InChI is InChI=1S/C15H16O/c1-12-7-9-15(14(11-12)16-15)10-8-13-5-3-2-4-6-13/h2-6,12,14H,7,9,11H2,1H3. The SMILES string of the molecule is CC1CCC2(C#Cc3ccccc3)OC2C1. The van der Waals surface area contributed by atoms with E-state index in [9.17, 15) is 0 Å². The highest BCUT2D eigenvalue weighted by molar-refractivity contribution is 5.39. The normalized spacial score (nSPS) is 35.8. The lowest BCUT2D eigenvalue weighted by Crippen LogP contribution is -2.21. The second-order valence-electron chi connectivity index (χ2n) is 4.99. The van der Waals surface area contributed by atoms with Gasteiger partial charge in [0, 0.05) is 5.56 Å². The first kappa shape index (κ1) is 9.93. The van der Waals surface area contributed by atoms with Gasteiger partial charge >= 0.3 is 0 Å². The predicted octanol–water partition coefficient (Wildman–Crippen LogP) is 3.00. The van der Waals surface area contributed by atoms with Crippen molar-refractivity contribution >= 4 is 0 Å². The van der Waals surface area contributed by atoms with Gasteiger partial charge in [0.05, 0.1) is 0 Å². The van der Waals surface area contributed by atoms with Crippen LogP contribution in [0.15, 0.2) is 30.3 Å². The van der Waals surface area contributed by atoms with E-state index in [1.165, 1.54) is 12.8 Å². The van der Waals surface area contributed by atoms with Crippen molar-refractivity contribution in [3.8, 4) is 11.8 Å². The third-order valence-electron chi connectivity index (χ3n) is 3.63. The molecule has 1 aromatic carbocycles. The van der Waals surface area contributed by atoms with Crippen molar-refractivity contribution in [3.05, 3.63) is 35.9 Å². The number of hydrogen-bond acceptors (Lipinski definition) is 1. The highest BCUT2D eigenvalue weighted by atomic mass is 16.6. The fraction of sp³-hybridized carbons (Fsp3) is 0.467. The fourth-order valence-electron chi connectivity index (χ4n) is 2.49. The number of hydrogen-bond donors (Lipinski definition) is 0. The van der Waals surface area contributed by atoms with Gasteiger partial charge in [0.1, 0.15) is 6.10 Å². The average molecular weight is 212 g/mol. The molecule has 0 bridgehead atoms. The molecule has 1 heterocycles. The van der Waals surface area contributed by atoms with Gasteiger partial charge in [-0.2, -0.15) is 0 Å². The zero-order valence-electron chi connectivity index (χ0n) is 9.57. The van der Waals surface area contributed by atoms with Gasteiger partial charge < -0.3 is 4.74 Å². The van der Waals surface area contributed by atoms with Gasteiger partial charge in [0.25, 0.3) is 0 Å². The van der Waals surface area contributed by atoms with Crippen LogP contribution in [0.5, 0.6) is 0 Å². The van der Waals surface area contributed by atoms with Crippen molar-refractivity contribution in [2.75, 3.05) is 0 Å². The molecule has 3 unspecified atom stereocenters. The Balaban J connectivity index is 1.75. The van der Waals surface area contributed by atoms with E-state index in [0.717, 1.165) is 17.9 Å². The molecule has 1 saturated heterocycles. The summed E-state index contributed by atoms with van der Waals surface area (Å²) in [5.74, 6) is 7.38. The van der Waals surface area contributed by atoms with Crippen molar-refractivity contribution in [2.45, 2.75) is 37.9 Å². The van der Waals surface area contributed by atoms with E-state index in [1.54, 1.807) is 0 Å². The Labute approximate surface area is 96.8 Å². The minimum atomic E-state index is -0.0810. The molecule has 1 aliphatic heterocycles. The number of benzene rings is 1. The molecular formula is C15H16O. The molecular weight excluding hydrogens is 196 g/mol. The maximum absolute atomic E-state index is 5.78. The Bertz CT molecular complexity index is 439. The molecule has 1 aromatic rings. The predicted molar refractivity (Wildman–Crippen MR) is 63.9 cm³/mol. The molecule has 1 saturated carbocycles. The van der Waals surface area contributed by atoms with Gasteiger partial charge in [-0.25, -0.2) is 0 Å². The molecule has 16 heavy (non-hydrogen) atoms. The van der Waals surface area contributed by atoms with E-state index in [0.29, 0.717) is 6.10 Å². The molecule has 1 heteroatoms. The maximum atomic E-state index is 5.78. The summed E-state index contributed by atoms with van der Waals surface area (Å²) in [5.41, 5.74) is 1.01. The number of rotatable bonds is 0. The van der Waals surface area contributed by atoms with E-state index in [-0.39, 0.29) is 5.60 Å². The third-order valence-corrected chi connectivity index (χ3v) is 3.63. The topological polar surface area (TPSA) is 12.5 Å². The summed E-state index contributed by atoms with van der Waals surface area (Å²) in [6.07, 6.45) is 3.95. The smallest absolute Gasteiger partial charge is 0.155 e. The van der Waals surface area contributed by atoms with Gasteiger partial charge in [-0.15, -0.1) is 0 Å². The van der Waals surface area contributed by atoms with Crippen LogP contribution in [-0.2, 0) is 4.74 Å². The van der Waals surface area contributed by atoms with Gasteiger partial charge in [-0.05, 0) is 37.3 Å². The van der Waals surface area contributed by atoms with E-state index in [2.05, 4.69) is 18.8 Å². The largest absolute Gasteiger partial charge is 0.352 e. The Morgan fingerprint density at radius 3 is 2.88 bits per heavy atom. The maximum Gasteiger partial charge on any atom is 0.155 e. The summed E-state index contributed by atoms with van der Waals surface area (Å²) in [7, 11) is 0. The lowest BCUT2D eigenvalue weighted by Gasteiger charge is -2.17. The number of fused-ring (bicyclic) bond motifs is 1. The molecule has 82 valence electrons. The summed E-state index contributed by atoms with van der Waals surface area (Å²) in [6.45, 7) is 2.30. The lowest BCUT2D eigenvalue weighted by molar-refractivity contribution is 0.336. The molecule has 1 nitrogen and oxygen atoms in total. The highest BCUT2D eigenvalue weighted by Crippen LogP contribution is 2.49. The third kappa shape index (κ3) is 1.74. The molecule has 3 atom stereocenters. The van der Waals surface area contributed by atoms with Crippen LogP contribution in [0.25, 0.3) is 0 Å². The van der Waals surface area contributed by atoms with Crippen molar-refractivity contribution in [1.82, 2.24) is 0 Å². The van der Waals surface area contributed by atoms with Crippen molar-refractivity contribution < 1.29 is 4.74 Å². The number of epoxide rings is 1. The van der Waals surface area contributed by atoms with Crippen LogP contribution < -0.4 is 0 Å². The van der Waals surface area contributed by atoms with Crippen LogP contribution in [0, 0.1) is 17.8 Å². The van der Waals surface area contributed by atoms with Crippen LogP contribution in [-0.4, -0.2) is 11.7 Å². The van der Waals surface area contributed by atoms with E-state index < -0.39 is 0 Å². The number of ether oxygens (including phenoxy) is 1. The van der Waals surface area contributed by atoms with Crippen LogP contribution >= 0.6 is 0 Å². The molecule has 0 spiro atoms. The van der Waals surface area contributed by atoms with Gasteiger partial charge in [-0.1, -0.05) is 37.0 Å². The summed E-state index contributed by atoms with van der Waals surface area (Å²) >= 11 is 0. The van der Waals surface area contributed by atoms with Crippen LogP contribution in [0.3, 0.4) is 0 Å². The summed E-state index contributed by atoms with van der Waals surface area (Å²) < 4.78 is 5.78. The first-order valence-electron chi connectivity index (χ1n) is 6.04. The molecule has 3 rings (SSSR count). The molecule has 0 amide bonds. The summed E-state index contributed by atoms with van der Waals surface area (Å²) in [5, 5.41) is 0. The Hall–Kier alpha value is -1.26. The van der Waals surface area contributed by atoms with Crippen molar-refractivity contribution in [1.29, 1.82) is 0 Å². The molecule has 1 aliphatic carbocycles. The first-order valence-corrected chi connectivity index (χ1v) is 6.04. The van der Waals surface area contributed by atoms with Crippen LogP contribution in [0.1, 0.15) is 31.7 Å². The Morgan fingerprint density at radius 2 is 2.12 bits per heavy atom. The minimum absolute atomic E-state index is 0.0810. The monoisotopic (exact) mass is 212 g/mol. The van der Waals surface area contributed by atoms with Gasteiger partial charge in [0.15, 0.2) is 5.60 Å². The quantitative estimate of drug-likeness (QED) is 0.476. The lowest BCUT2D eigenvalue weighted by atomic mass is 9.83. The minimum Gasteiger partial charge on any atom is -0.352 e. The second-order valence-corrected chi connectivity index (χ2v) is 4.99. The fourth-order valence-corrected chi connectivity index (χ4v) is 2.49. The van der Waals surface area contributed by atoms with E-state index in [4.69, 9.17) is 4.74 Å². The summed E-state index contributed by atoms with van der Waals surface area (Å²) in [4.78, 5) is 0. The van der Waals surface area contributed by atoms with Gasteiger partial charge in [-0.3, -0.25) is 0 Å². The molecule has 0 radical (unpaired) electrons. The molecule has 2 fully saturated rings. The molecule has 0 aromatic heterocycles. The first-order chi connectivity index (χ1) is 7.78. The van der Waals surface area contributed by atoms with Gasteiger partial charge in [0.2, 0.25) is 0 Å².